The Balaban J connectivity index is 1.66. The number of hydrogen-bond donors (Lipinski definition) is 4. The maximum absolute atomic E-state index is 14.0. The van der Waals surface area contributed by atoms with E-state index in [-0.39, 0.29) is 17.9 Å². The Morgan fingerprint density at radius 1 is 0.921 bits per heavy atom. The van der Waals surface area contributed by atoms with Gasteiger partial charge in [-0.2, -0.15) is 0 Å². The number of phenols is 2. The lowest BCUT2D eigenvalue weighted by Crippen LogP contribution is -2.57. The molecule has 196 valence electrons. The van der Waals surface area contributed by atoms with E-state index in [0.29, 0.717) is 27.9 Å². The molecule has 2 saturated heterocycles. The predicted octanol–water partition coefficient (Wildman–Crippen LogP) is 3.79. The Morgan fingerprint density at radius 2 is 1.50 bits per heavy atom. The zero-order valence-corrected chi connectivity index (χ0v) is 21.4. The third-order valence-electron chi connectivity index (χ3n) is 7.93. The average Bonchev–Trinajstić information content (AvgIpc) is 3.37. The van der Waals surface area contributed by atoms with E-state index >= 15 is 0 Å². The summed E-state index contributed by atoms with van der Waals surface area (Å²) in [4.78, 5) is 42.1. The Labute approximate surface area is 220 Å². The Hall–Kier alpha value is -4.17. The van der Waals surface area contributed by atoms with Crippen molar-refractivity contribution in [1.82, 2.24) is 5.32 Å². The molecule has 8 heteroatoms. The first-order chi connectivity index (χ1) is 18.1. The fourth-order valence-corrected chi connectivity index (χ4v) is 5.96. The number of aromatic hydroxyl groups is 2. The minimum Gasteiger partial charge on any atom is -0.508 e. The molecule has 0 aliphatic carbocycles. The van der Waals surface area contributed by atoms with Gasteiger partial charge in [-0.3, -0.25) is 19.7 Å². The molecule has 2 heterocycles. The predicted molar refractivity (Wildman–Crippen MR) is 141 cm³/mol. The lowest BCUT2D eigenvalue weighted by atomic mass is 9.76. The van der Waals surface area contributed by atoms with Gasteiger partial charge in [0.05, 0.1) is 17.5 Å². The number of fused-ring (bicyclic) bond motifs is 1. The van der Waals surface area contributed by atoms with Crippen molar-refractivity contribution in [3.63, 3.8) is 0 Å². The second-order valence-corrected chi connectivity index (χ2v) is 10.3. The van der Waals surface area contributed by atoms with Crippen molar-refractivity contribution in [2.45, 2.75) is 45.2 Å². The number of carbonyl (C=O) groups excluding carboxylic acids is 2. The van der Waals surface area contributed by atoms with Crippen LogP contribution in [0.25, 0.3) is 0 Å². The molecule has 0 bridgehead atoms. The van der Waals surface area contributed by atoms with Crippen LogP contribution < -0.4 is 10.2 Å². The summed E-state index contributed by atoms with van der Waals surface area (Å²) < 4.78 is 0. The van der Waals surface area contributed by atoms with Gasteiger partial charge in [-0.15, -0.1) is 0 Å². The van der Waals surface area contributed by atoms with Crippen LogP contribution in [0.15, 0.2) is 60.7 Å². The third kappa shape index (κ3) is 3.92. The molecule has 5 rings (SSSR count). The van der Waals surface area contributed by atoms with Crippen molar-refractivity contribution in [1.29, 1.82) is 0 Å². The van der Waals surface area contributed by atoms with Crippen LogP contribution >= 0.6 is 0 Å². The van der Waals surface area contributed by atoms with Gasteiger partial charge >= 0.3 is 5.97 Å². The number of imide groups is 1. The number of benzene rings is 3. The number of nitrogens with zero attached hydrogens (tertiary/aromatic N) is 1. The maximum Gasteiger partial charge on any atom is 0.325 e. The van der Waals surface area contributed by atoms with Gasteiger partial charge in [0.1, 0.15) is 17.0 Å². The highest BCUT2D eigenvalue weighted by molar-refractivity contribution is 6.24. The van der Waals surface area contributed by atoms with E-state index in [1.54, 1.807) is 50.2 Å². The SMILES string of the molecule is CCc1ccc(N2C(=O)C3C(c4cc(C)c(O)c(C)c4)NC(Cc4ccc(O)cc4)(C(=O)O)C3C2=O)cc1. The van der Waals surface area contributed by atoms with E-state index in [1.165, 1.54) is 12.1 Å². The number of carbonyl (C=O) groups is 3. The van der Waals surface area contributed by atoms with Crippen molar-refractivity contribution in [2.75, 3.05) is 4.90 Å². The van der Waals surface area contributed by atoms with Crippen LogP contribution in [-0.2, 0) is 27.2 Å². The van der Waals surface area contributed by atoms with Crippen LogP contribution in [-0.4, -0.2) is 38.6 Å². The number of anilines is 1. The molecule has 3 aromatic rings. The molecule has 4 unspecified atom stereocenters. The van der Waals surface area contributed by atoms with Gasteiger partial charge in [-0.05, 0) is 72.4 Å². The summed E-state index contributed by atoms with van der Waals surface area (Å²) in [5.41, 5.74) is 2.09. The van der Waals surface area contributed by atoms with E-state index in [2.05, 4.69) is 5.32 Å². The molecule has 2 amide bonds. The summed E-state index contributed by atoms with van der Waals surface area (Å²) in [6.45, 7) is 5.48. The molecule has 0 saturated carbocycles. The fourth-order valence-electron chi connectivity index (χ4n) is 5.96. The smallest absolute Gasteiger partial charge is 0.325 e. The van der Waals surface area contributed by atoms with E-state index in [9.17, 15) is 29.7 Å². The summed E-state index contributed by atoms with van der Waals surface area (Å²) in [5.74, 6) is -4.23. The van der Waals surface area contributed by atoms with Gasteiger partial charge in [0, 0.05) is 12.5 Å². The van der Waals surface area contributed by atoms with Gasteiger partial charge in [-0.1, -0.05) is 43.3 Å². The quantitative estimate of drug-likeness (QED) is 0.369. The van der Waals surface area contributed by atoms with Crippen LogP contribution in [0, 0.1) is 25.7 Å². The highest BCUT2D eigenvalue weighted by Gasteiger charge is 2.68. The third-order valence-corrected chi connectivity index (χ3v) is 7.93. The molecule has 2 aliphatic heterocycles. The van der Waals surface area contributed by atoms with Crippen molar-refractivity contribution >= 4 is 23.5 Å². The van der Waals surface area contributed by atoms with Crippen LogP contribution in [0.5, 0.6) is 11.5 Å². The molecule has 4 N–H and O–H groups in total. The fraction of sp³-hybridized carbons (Fsp3) is 0.300. The van der Waals surface area contributed by atoms with E-state index in [0.717, 1.165) is 16.9 Å². The molecule has 0 spiro atoms. The molecular formula is C30H30N2O6. The highest BCUT2D eigenvalue weighted by Crippen LogP contribution is 2.51. The van der Waals surface area contributed by atoms with E-state index in [1.807, 2.05) is 19.1 Å². The number of rotatable bonds is 6. The number of aliphatic carboxylic acids is 1. The van der Waals surface area contributed by atoms with Crippen molar-refractivity contribution in [3.05, 3.63) is 88.5 Å². The summed E-state index contributed by atoms with van der Waals surface area (Å²) in [7, 11) is 0. The molecule has 4 atom stereocenters. The Morgan fingerprint density at radius 3 is 2.05 bits per heavy atom. The average molecular weight is 515 g/mol. The van der Waals surface area contributed by atoms with Crippen LogP contribution in [0.4, 0.5) is 5.69 Å². The molecule has 0 aromatic heterocycles. The zero-order valence-electron chi connectivity index (χ0n) is 21.4. The maximum atomic E-state index is 14.0. The van der Waals surface area contributed by atoms with E-state index in [4.69, 9.17) is 0 Å². The number of hydrogen-bond acceptors (Lipinski definition) is 6. The van der Waals surface area contributed by atoms with Crippen LogP contribution in [0.3, 0.4) is 0 Å². The van der Waals surface area contributed by atoms with Crippen LogP contribution in [0.2, 0.25) is 0 Å². The molecular weight excluding hydrogens is 484 g/mol. The number of carboxylic acids is 1. The molecule has 2 aliphatic rings. The topological polar surface area (TPSA) is 127 Å². The van der Waals surface area contributed by atoms with Gasteiger partial charge < -0.3 is 15.3 Å². The standard InChI is InChI=1S/C30H30N2O6/c1-4-18-5-9-21(10-6-18)32-27(35)23-24(28(32)36)30(29(37)38,15-19-7-11-22(33)12-8-19)31-25(23)20-13-16(2)26(34)17(3)14-20/h5-14,23-25,31,33-34H,4,15H2,1-3H3,(H,37,38). The van der Waals surface area contributed by atoms with Crippen molar-refractivity contribution in [3.8, 4) is 11.5 Å². The summed E-state index contributed by atoms with van der Waals surface area (Å²) in [6, 6.07) is 16.0. The van der Waals surface area contributed by atoms with E-state index < -0.39 is 41.2 Å². The number of amides is 2. The number of phenolic OH excluding ortho intramolecular Hbond substituents is 2. The normalized spacial score (nSPS) is 24.6. The minimum absolute atomic E-state index is 0.0390. The summed E-state index contributed by atoms with van der Waals surface area (Å²) in [5, 5.41) is 33.9. The highest BCUT2D eigenvalue weighted by atomic mass is 16.4. The zero-order chi connectivity index (χ0) is 27.4. The van der Waals surface area contributed by atoms with Crippen LogP contribution in [0.1, 0.15) is 40.8 Å². The summed E-state index contributed by atoms with van der Waals surface area (Å²) in [6.07, 6.45) is 0.728. The van der Waals surface area contributed by atoms with Gasteiger partial charge in [0.15, 0.2) is 0 Å². The Bertz CT molecular complexity index is 1410. The molecule has 8 nitrogen and oxygen atoms in total. The monoisotopic (exact) mass is 514 g/mol. The lowest BCUT2D eigenvalue weighted by molar-refractivity contribution is -0.148. The largest absolute Gasteiger partial charge is 0.508 e. The number of carboxylic acid groups (broad SMARTS) is 1. The van der Waals surface area contributed by atoms with Crippen molar-refractivity contribution < 1.29 is 29.7 Å². The Kier molecular flexibility index (Phi) is 6.23. The minimum atomic E-state index is -1.78. The second-order valence-electron chi connectivity index (χ2n) is 10.3. The lowest BCUT2D eigenvalue weighted by Gasteiger charge is -2.31. The first-order valence-electron chi connectivity index (χ1n) is 12.6. The second kappa shape index (κ2) is 9.29. The number of aryl methyl sites for hydroxylation is 3. The molecule has 0 radical (unpaired) electrons. The summed E-state index contributed by atoms with van der Waals surface area (Å²) >= 11 is 0. The van der Waals surface area contributed by atoms with Gasteiger partial charge in [0.25, 0.3) is 0 Å². The van der Waals surface area contributed by atoms with Gasteiger partial charge in [-0.25, -0.2) is 4.90 Å². The van der Waals surface area contributed by atoms with Crippen molar-refractivity contribution in [2.24, 2.45) is 11.8 Å². The van der Waals surface area contributed by atoms with Gasteiger partial charge in [0.2, 0.25) is 11.8 Å². The first kappa shape index (κ1) is 25.5. The number of nitrogens with one attached hydrogen (secondary N) is 1. The first-order valence-corrected chi connectivity index (χ1v) is 12.6. The molecule has 38 heavy (non-hydrogen) atoms. The molecule has 2 fully saturated rings. The molecule has 3 aromatic carbocycles.